The Morgan fingerprint density at radius 3 is 2.46 bits per heavy atom. The average molecular weight is 357 g/mol. The molecule has 2 aromatic carbocycles. The molecule has 0 radical (unpaired) electrons. The van der Waals surface area contributed by atoms with Crippen LogP contribution < -0.4 is 19.5 Å². The minimum Gasteiger partial charge on any atom is -0.493 e. The summed E-state index contributed by atoms with van der Waals surface area (Å²) in [6.45, 7) is 1.05. The first-order valence-electron chi connectivity index (χ1n) is 8.45. The third kappa shape index (κ3) is 3.60. The second-order valence-electron chi connectivity index (χ2n) is 5.93. The van der Waals surface area contributed by atoms with Gasteiger partial charge in [0.2, 0.25) is 5.75 Å². The number of benzene rings is 2. The number of carbonyl (C=O) groups excluding carboxylic acids is 1. The summed E-state index contributed by atoms with van der Waals surface area (Å²) >= 11 is 0. The number of amides is 1. The fraction of sp³-hybridized carbons (Fsp3) is 0.350. The number of methoxy groups -OCH3 is 3. The van der Waals surface area contributed by atoms with E-state index in [1.54, 1.807) is 12.1 Å². The number of ether oxygens (including phenoxy) is 4. The van der Waals surface area contributed by atoms with Gasteiger partial charge < -0.3 is 24.3 Å². The summed E-state index contributed by atoms with van der Waals surface area (Å²) in [4.78, 5) is 12.6. The van der Waals surface area contributed by atoms with Crippen molar-refractivity contribution in [2.45, 2.75) is 12.5 Å². The molecule has 26 heavy (non-hydrogen) atoms. The Morgan fingerprint density at radius 2 is 1.81 bits per heavy atom. The lowest BCUT2D eigenvalue weighted by Crippen LogP contribution is -2.31. The van der Waals surface area contributed by atoms with E-state index >= 15 is 0 Å². The second-order valence-corrected chi connectivity index (χ2v) is 5.93. The van der Waals surface area contributed by atoms with Gasteiger partial charge >= 0.3 is 0 Å². The predicted octanol–water partition coefficient (Wildman–Crippen LogP) is 2.76. The van der Waals surface area contributed by atoms with Crippen LogP contribution in [0.1, 0.15) is 27.6 Å². The van der Waals surface area contributed by atoms with Crippen LogP contribution in [0.15, 0.2) is 36.4 Å². The van der Waals surface area contributed by atoms with Gasteiger partial charge in [-0.25, -0.2) is 0 Å². The molecule has 3 rings (SSSR count). The Hall–Kier alpha value is -2.73. The highest BCUT2D eigenvalue weighted by Gasteiger charge is 2.22. The Balaban J connectivity index is 1.75. The van der Waals surface area contributed by atoms with Crippen molar-refractivity contribution in [2.24, 2.45) is 0 Å². The number of rotatable bonds is 6. The van der Waals surface area contributed by atoms with Crippen LogP contribution in [0.5, 0.6) is 17.2 Å². The third-order valence-electron chi connectivity index (χ3n) is 4.47. The van der Waals surface area contributed by atoms with Crippen molar-refractivity contribution in [3.8, 4) is 17.2 Å². The van der Waals surface area contributed by atoms with E-state index in [1.165, 1.54) is 26.9 Å². The molecule has 0 saturated carbocycles. The van der Waals surface area contributed by atoms with Crippen LogP contribution in [0.4, 0.5) is 0 Å². The second kappa shape index (κ2) is 8.10. The van der Waals surface area contributed by atoms with Gasteiger partial charge in [-0.3, -0.25) is 4.79 Å². The Bertz CT molecular complexity index is 765. The van der Waals surface area contributed by atoms with Crippen LogP contribution in [0, 0.1) is 0 Å². The lowest BCUT2D eigenvalue weighted by Gasteiger charge is -2.26. The molecule has 138 valence electrons. The van der Waals surface area contributed by atoms with E-state index in [0.29, 0.717) is 36.0 Å². The molecule has 1 aliphatic rings. The van der Waals surface area contributed by atoms with E-state index < -0.39 is 0 Å². The first kappa shape index (κ1) is 18.1. The molecule has 0 unspecified atom stereocenters. The molecule has 1 heterocycles. The molecule has 0 spiro atoms. The minimum absolute atomic E-state index is 0.147. The van der Waals surface area contributed by atoms with Gasteiger partial charge in [0, 0.05) is 12.1 Å². The number of nitrogens with one attached hydrogen (secondary N) is 1. The summed E-state index contributed by atoms with van der Waals surface area (Å²) in [5, 5.41) is 2.93. The topological polar surface area (TPSA) is 66.0 Å². The standard InChI is InChI=1S/C20H23NO5/c1-23-16-10-14(11-17(24-2)19(16)25-3)20(22)21-12-18-15-7-5-4-6-13(15)8-9-26-18/h4-7,10-11,18H,8-9,12H2,1-3H3,(H,21,22)/t18-/m0/s1. The van der Waals surface area contributed by atoms with Crippen LogP contribution in [0.2, 0.25) is 0 Å². The summed E-state index contributed by atoms with van der Waals surface area (Å²) in [5.41, 5.74) is 2.83. The number of fused-ring (bicyclic) bond motifs is 1. The summed E-state index contributed by atoms with van der Waals surface area (Å²) in [6, 6.07) is 11.4. The highest BCUT2D eigenvalue weighted by atomic mass is 16.5. The van der Waals surface area contributed by atoms with Crippen LogP contribution in [-0.4, -0.2) is 40.4 Å². The van der Waals surface area contributed by atoms with E-state index in [4.69, 9.17) is 18.9 Å². The predicted molar refractivity (Wildman–Crippen MR) is 97.3 cm³/mol. The zero-order valence-electron chi connectivity index (χ0n) is 15.2. The molecule has 1 N–H and O–H groups in total. The van der Waals surface area contributed by atoms with Gasteiger partial charge in [-0.15, -0.1) is 0 Å². The molecule has 1 amide bonds. The summed E-state index contributed by atoms with van der Waals surface area (Å²) < 4.78 is 21.7. The molecule has 0 fully saturated rings. The van der Waals surface area contributed by atoms with Gasteiger partial charge in [0.1, 0.15) is 6.10 Å². The van der Waals surface area contributed by atoms with Crippen molar-refractivity contribution >= 4 is 5.91 Å². The van der Waals surface area contributed by atoms with E-state index in [1.807, 2.05) is 18.2 Å². The monoisotopic (exact) mass is 357 g/mol. The molecule has 1 aliphatic heterocycles. The van der Waals surface area contributed by atoms with Crippen molar-refractivity contribution in [3.05, 3.63) is 53.1 Å². The summed E-state index contributed by atoms with van der Waals surface area (Å²) in [5.74, 6) is 1.11. The van der Waals surface area contributed by atoms with Crippen LogP contribution in [0.25, 0.3) is 0 Å². The SMILES string of the molecule is COc1cc(C(=O)NC[C@@H]2OCCc3ccccc32)cc(OC)c1OC. The van der Waals surface area contributed by atoms with E-state index in [0.717, 1.165) is 12.0 Å². The zero-order valence-corrected chi connectivity index (χ0v) is 15.2. The Morgan fingerprint density at radius 1 is 1.12 bits per heavy atom. The van der Waals surface area contributed by atoms with E-state index in [-0.39, 0.29) is 12.0 Å². The van der Waals surface area contributed by atoms with Gasteiger partial charge in [0.25, 0.3) is 5.91 Å². The zero-order chi connectivity index (χ0) is 18.5. The fourth-order valence-electron chi connectivity index (χ4n) is 3.15. The average Bonchev–Trinajstić information content (AvgIpc) is 2.70. The van der Waals surface area contributed by atoms with Crippen molar-refractivity contribution in [2.75, 3.05) is 34.5 Å². The maximum atomic E-state index is 12.6. The molecule has 0 saturated heterocycles. The molecule has 2 aromatic rings. The van der Waals surface area contributed by atoms with E-state index in [9.17, 15) is 4.79 Å². The molecule has 0 bridgehead atoms. The third-order valence-corrected chi connectivity index (χ3v) is 4.47. The Labute approximate surface area is 153 Å². The van der Waals surface area contributed by atoms with Crippen molar-refractivity contribution < 1.29 is 23.7 Å². The highest BCUT2D eigenvalue weighted by Crippen LogP contribution is 2.38. The lowest BCUT2D eigenvalue weighted by molar-refractivity contribution is 0.0411. The lowest BCUT2D eigenvalue weighted by atomic mass is 9.97. The number of hydrogen-bond donors (Lipinski definition) is 1. The quantitative estimate of drug-likeness (QED) is 0.861. The molecular weight excluding hydrogens is 334 g/mol. The van der Waals surface area contributed by atoms with Crippen molar-refractivity contribution in [3.63, 3.8) is 0 Å². The van der Waals surface area contributed by atoms with Crippen LogP contribution >= 0.6 is 0 Å². The van der Waals surface area contributed by atoms with Gasteiger partial charge in [-0.2, -0.15) is 0 Å². The molecule has 0 aromatic heterocycles. The van der Waals surface area contributed by atoms with Crippen LogP contribution in [0.3, 0.4) is 0 Å². The summed E-state index contributed by atoms with van der Waals surface area (Å²) in [6.07, 6.45) is 0.749. The maximum Gasteiger partial charge on any atom is 0.251 e. The first-order chi connectivity index (χ1) is 12.7. The molecular formula is C20H23NO5. The molecule has 6 nitrogen and oxygen atoms in total. The fourth-order valence-corrected chi connectivity index (χ4v) is 3.15. The van der Waals surface area contributed by atoms with Crippen LogP contribution in [-0.2, 0) is 11.2 Å². The van der Waals surface area contributed by atoms with Gasteiger partial charge in [-0.1, -0.05) is 24.3 Å². The highest BCUT2D eigenvalue weighted by molar-refractivity contribution is 5.95. The molecule has 0 aliphatic carbocycles. The van der Waals surface area contributed by atoms with E-state index in [2.05, 4.69) is 11.4 Å². The molecule has 1 atom stereocenters. The summed E-state index contributed by atoms with van der Waals surface area (Å²) in [7, 11) is 4.57. The maximum absolute atomic E-state index is 12.6. The number of carbonyl (C=O) groups is 1. The minimum atomic E-state index is -0.226. The Kier molecular flexibility index (Phi) is 5.63. The van der Waals surface area contributed by atoms with Crippen molar-refractivity contribution in [1.29, 1.82) is 0 Å². The number of hydrogen-bond acceptors (Lipinski definition) is 5. The first-order valence-corrected chi connectivity index (χ1v) is 8.45. The van der Waals surface area contributed by atoms with Gasteiger partial charge in [0.05, 0.1) is 27.9 Å². The normalized spacial score (nSPS) is 15.7. The van der Waals surface area contributed by atoms with Crippen molar-refractivity contribution in [1.82, 2.24) is 5.32 Å². The smallest absolute Gasteiger partial charge is 0.251 e. The van der Waals surface area contributed by atoms with Gasteiger partial charge in [0.15, 0.2) is 11.5 Å². The largest absolute Gasteiger partial charge is 0.493 e. The molecule has 6 heteroatoms. The van der Waals surface area contributed by atoms with Gasteiger partial charge in [-0.05, 0) is 29.7 Å².